The number of nitrogen functional groups attached to an aromatic ring is 1. The van der Waals surface area contributed by atoms with Gasteiger partial charge < -0.3 is 10.2 Å². The number of nitrogens with zero attached hydrogens (tertiary/aromatic N) is 1. The van der Waals surface area contributed by atoms with E-state index < -0.39 is 10.0 Å². The Labute approximate surface area is 105 Å². The van der Waals surface area contributed by atoms with E-state index in [0.717, 1.165) is 5.76 Å². The number of aryl methyl sites for hydroxylation is 1. The lowest BCUT2D eigenvalue weighted by atomic mass is 10.4. The fourth-order valence-electron chi connectivity index (χ4n) is 1.38. The van der Waals surface area contributed by atoms with Gasteiger partial charge in [0, 0.05) is 6.20 Å². The molecule has 0 spiro atoms. The van der Waals surface area contributed by atoms with Crippen molar-refractivity contribution in [1.29, 1.82) is 0 Å². The van der Waals surface area contributed by atoms with E-state index in [0.29, 0.717) is 5.76 Å². The molecule has 0 aliphatic rings. The van der Waals surface area contributed by atoms with Crippen molar-refractivity contribution in [3.05, 3.63) is 42.0 Å². The Morgan fingerprint density at radius 3 is 2.67 bits per heavy atom. The predicted octanol–water partition coefficient (Wildman–Crippen LogP) is 1.04. The van der Waals surface area contributed by atoms with E-state index >= 15 is 0 Å². The fraction of sp³-hybridized carbons (Fsp3) is 0.182. The third kappa shape index (κ3) is 2.88. The van der Waals surface area contributed by atoms with Crippen molar-refractivity contribution >= 4 is 15.8 Å². The first kappa shape index (κ1) is 12.6. The molecule has 3 N–H and O–H groups in total. The molecule has 0 unspecified atom stereocenters. The van der Waals surface area contributed by atoms with Gasteiger partial charge in [0.05, 0.1) is 6.54 Å². The molecule has 0 aliphatic carbocycles. The molecule has 0 saturated carbocycles. The maximum absolute atomic E-state index is 11.9. The van der Waals surface area contributed by atoms with Gasteiger partial charge in [-0.2, -0.15) is 0 Å². The van der Waals surface area contributed by atoms with Crippen LogP contribution in [0, 0.1) is 6.92 Å². The summed E-state index contributed by atoms with van der Waals surface area (Å²) in [5, 5.41) is 0. The zero-order valence-corrected chi connectivity index (χ0v) is 10.6. The predicted molar refractivity (Wildman–Crippen MR) is 66.1 cm³/mol. The maximum Gasteiger partial charge on any atom is 0.242 e. The Bertz CT molecular complexity index is 632. The van der Waals surface area contributed by atoms with Crippen molar-refractivity contribution in [2.45, 2.75) is 18.4 Å². The van der Waals surface area contributed by atoms with Crippen LogP contribution in [0.25, 0.3) is 0 Å². The summed E-state index contributed by atoms with van der Waals surface area (Å²) in [6.07, 6.45) is 1.21. The summed E-state index contributed by atoms with van der Waals surface area (Å²) in [6, 6.07) is 6.33. The molecule has 0 bridgehead atoms. The SMILES string of the molecule is Cc1ccc(CNS(=O)(=O)c2ccc(N)nc2)o1. The van der Waals surface area contributed by atoms with Crippen LogP contribution in [0.2, 0.25) is 0 Å². The van der Waals surface area contributed by atoms with Crippen LogP contribution in [-0.4, -0.2) is 13.4 Å². The third-order valence-electron chi connectivity index (χ3n) is 2.30. The Morgan fingerprint density at radius 2 is 2.11 bits per heavy atom. The quantitative estimate of drug-likeness (QED) is 0.862. The lowest BCUT2D eigenvalue weighted by Gasteiger charge is -2.04. The highest BCUT2D eigenvalue weighted by molar-refractivity contribution is 7.89. The molecule has 0 aromatic carbocycles. The van der Waals surface area contributed by atoms with Gasteiger partial charge in [0.2, 0.25) is 10.0 Å². The van der Waals surface area contributed by atoms with Crippen molar-refractivity contribution < 1.29 is 12.8 Å². The smallest absolute Gasteiger partial charge is 0.242 e. The van der Waals surface area contributed by atoms with Crippen molar-refractivity contribution in [2.75, 3.05) is 5.73 Å². The Hall–Kier alpha value is -1.86. The minimum absolute atomic E-state index is 0.0694. The number of aromatic nitrogens is 1. The fourth-order valence-corrected chi connectivity index (χ4v) is 2.32. The second-order valence-corrected chi connectivity index (χ2v) is 5.52. The molecule has 2 rings (SSSR count). The molecule has 2 heterocycles. The topological polar surface area (TPSA) is 98.2 Å². The van der Waals surface area contributed by atoms with Crippen molar-refractivity contribution in [3.8, 4) is 0 Å². The Morgan fingerprint density at radius 1 is 1.33 bits per heavy atom. The highest BCUT2D eigenvalue weighted by Gasteiger charge is 2.14. The van der Waals surface area contributed by atoms with E-state index in [2.05, 4.69) is 9.71 Å². The number of nitrogens with one attached hydrogen (secondary N) is 1. The number of sulfonamides is 1. The number of anilines is 1. The number of rotatable bonds is 4. The summed E-state index contributed by atoms with van der Waals surface area (Å²) in [7, 11) is -3.59. The van der Waals surface area contributed by atoms with E-state index in [9.17, 15) is 8.42 Å². The molecule has 2 aromatic heterocycles. The normalized spacial score (nSPS) is 11.6. The van der Waals surface area contributed by atoms with E-state index in [-0.39, 0.29) is 17.3 Å². The summed E-state index contributed by atoms with van der Waals surface area (Å²) in [4.78, 5) is 3.81. The number of hydrogen-bond donors (Lipinski definition) is 2. The summed E-state index contributed by atoms with van der Waals surface area (Å²) in [6.45, 7) is 1.89. The molecule has 0 atom stereocenters. The van der Waals surface area contributed by atoms with Gasteiger partial charge in [-0.15, -0.1) is 0 Å². The molecule has 0 fully saturated rings. The molecule has 7 heteroatoms. The first-order valence-corrected chi connectivity index (χ1v) is 6.72. The molecule has 18 heavy (non-hydrogen) atoms. The van der Waals surface area contributed by atoms with E-state index in [4.69, 9.17) is 10.2 Å². The standard InChI is InChI=1S/C11H13N3O3S/c1-8-2-3-9(17-8)6-14-18(15,16)10-4-5-11(12)13-7-10/h2-5,7,14H,6H2,1H3,(H2,12,13). The number of pyridine rings is 1. The second kappa shape index (κ2) is 4.79. The van der Waals surface area contributed by atoms with Crippen LogP contribution >= 0.6 is 0 Å². The van der Waals surface area contributed by atoms with Gasteiger partial charge in [-0.1, -0.05) is 0 Å². The number of hydrogen-bond acceptors (Lipinski definition) is 5. The van der Waals surface area contributed by atoms with Gasteiger partial charge in [-0.05, 0) is 31.2 Å². The van der Waals surface area contributed by atoms with Gasteiger partial charge in [-0.3, -0.25) is 0 Å². The van der Waals surface area contributed by atoms with Gasteiger partial charge in [0.1, 0.15) is 22.2 Å². The molecular formula is C11H13N3O3S. The van der Waals surface area contributed by atoms with Crippen molar-refractivity contribution in [1.82, 2.24) is 9.71 Å². The molecule has 0 aliphatic heterocycles. The van der Waals surface area contributed by atoms with Crippen LogP contribution in [0.4, 0.5) is 5.82 Å². The molecule has 0 amide bonds. The summed E-state index contributed by atoms with van der Waals surface area (Å²) in [5.41, 5.74) is 5.40. The van der Waals surface area contributed by atoms with Crippen LogP contribution in [0.15, 0.2) is 39.8 Å². The van der Waals surface area contributed by atoms with Gasteiger partial charge in [0.15, 0.2) is 0 Å². The second-order valence-electron chi connectivity index (χ2n) is 3.76. The first-order chi connectivity index (χ1) is 8.47. The molecule has 96 valence electrons. The Kier molecular flexibility index (Phi) is 3.35. The van der Waals surface area contributed by atoms with E-state index in [1.807, 2.05) is 0 Å². The van der Waals surface area contributed by atoms with E-state index in [1.165, 1.54) is 18.3 Å². The lowest BCUT2D eigenvalue weighted by Crippen LogP contribution is -2.23. The molecular weight excluding hydrogens is 254 g/mol. The minimum Gasteiger partial charge on any atom is -0.465 e. The molecule has 2 aromatic rings. The third-order valence-corrected chi connectivity index (χ3v) is 3.69. The first-order valence-electron chi connectivity index (χ1n) is 5.24. The highest BCUT2D eigenvalue weighted by atomic mass is 32.2. The average Bonchev–Trinajstić information content (AvgIpc) is 2.73. The van der Waals surface area contributed by atoms with Crippen LogP contribution in [0.3, 0.4) is 0 Å². The Balaban J connectivity index is 2.10. The monoisotopic (exact) mass is 267 g/mol. The van der Waals surface area contributed by atoms with Crippen LogP contribution in [0.5, 0.6) is 0 Å². The van der Waals surface area contributed by atoms with Crippen molar-refractivity contribution in [3.63, 3.8) is 0 Å². The minimum atomic E-state index is -3.59. The lowest BCUT2D eigenvalue weighted by molar-refractivity contribution is 0.475. The molecule has 0 saturated heterocycles. The van der Waals surface area contributed by atoms with Gasteiger partial charge in [0.25, 0.3) is 0 Å². The summed E-state index contributed by atoms with van der Waals surface area (Å²) >= 11 is 0. The highest BCUT2D eigenvalue weighted by Crippen LogP contribution is 2.11. The maximum atomic E-state index is 11.9. The number of furan rings is 1. The molecule has 6 nitrogen and oxygen atoms in total. The summed E-state index contributed by atoms with van der Waals surface area (Å²) < 4.78 is 31.5. The van der Waals surface area contributed by atoms with Crippen LogP contribution in [-0.2, 0) is 16.6 Å². The zero-order chi connectivity index (χ0) is 13.2. The molecule has 0 radical (unpaired) electrons. The largest absolute Gasteiger partial charge is 0.465 e. The van der Waals surface area contributed by atoms with Crippen molar-refractivity contribution in [2.24, 2.45) is 0 Å². The van der Waals surface area contributed by atoms with Crippen LogP contribution < -0.4 is 10.5 Å². The zero-order valence-electron chi connectivity index (χ0n) is 9.75. The average molecular weight is 267 g/mol. The van der Waals surface area contributed by atoms with Gasteiger partial charge >= 0.3 is 0 Å². The summed E-state index contributed by atoms with van der Waals surface area (Å²) in [5.74, 6) is 1.56. The van der Waals surface area contributed by atoms with Gasteiger partial charge in [-0.25, -0.2) is 18.1 Å². The van der Waals surface area contributed by atoms with E-state index in [1.54, 1.807) is 19.1 Å². The number of nitrogens with two attached hydrogens (primary N) is 1. The van der Waals surface area contributed by atoms with Crippen LogP contribution in [0.1, 0.15) is 11.5 Å².